The Labute approximate surface area is 153 Å². The molecule has 0 atom stereocenters. The van der Waals surface area contributed by atoms with Crippen molar-refractivity contribution in [1.82, 2.24) is 14.5 Å². The Morgan fingerprint density at radius 1 is 1.20 bits per heavy atom. The summed E-state index contributed by atoms with van der Waals surface area (Å²) >= 11 is 1.62. The lowest BCUT2D eigenvalue weighted by Gasteiger charge is -2.18. The van der Waals surface area contributed by atoms with E-state index in [0.717, 1.165) is 0 Å². The number of thioether (sulfide) groups is 1. The zero-order chi connectivity index (χ0) is 17.9. The molecule has 1 aliphatic carbocycles. The van der Waals surface area contributed by atoms with Gasteiger partial charge in [-0.25, -0.2) is 8.42 Å². The van der Waals surface area contributed by atoms with Gasteiger partial charge in [-0.2, -0.15) is 4.31 Å². The van der Waals surface area contributed by atoms with Crippen LogP contribution >= 0.6 is 11.8 Å². The van der Waals surface area contributed by atoms with Crippen molar-refractivity contribution in [3.63, 3.8) is 0 Å². The Balaban J connectivity index is 1.83. The minimum Gasteiger partial charge on any atom is -0.411 e. The van der Waals surface area contributed by atoms with Crippen LogP contribution in [0.1, 0.15) is 39.5 Å². The van der Waals surface area contributed by atoms with Crippen LogP contribution < -0.4 is 0 Å². The molecular formula is C17H23N3O3S2. The molecule has 0 radical (unpaired) electrons. The molecular weight excluding hydrogens is 358 g/mol. The van der Waals surface area contributed by atoms with E-state index < -0.39 is 10.0 Å². The van der Waals surface area contributed by atoms with Gasteiger partial charge in [0.25, 0.3) is 5.22 Å². The molecule has 0 bridgehead atoms. The summed E-state index contributed by atoms with van der Waals surface area (Å²) < 4.78 is 32.5. The molecule has 3 rings (SSSR count). The minimum absolute atomic E-state index is 0.247. The van der Waals surface area contributed by atoms with Gasteiger partial charge in [-0.05, 0) is 31.0 Å². The number of benzene rings is 1. The zero-order valence-corrected chi connectivity index (χ0v) is 16.1. The third-order valence-electron chi connectivity index (χ3n) is 4.40. The van der Waals surface area contributed by atoms with Crippen molar-refractivity contribution in [3.8, 4) is 11.5 Å². The molecule has 0 N–H and O–H groups in total. The maximum Gasteiger partial charge on any atom is 0.277 e. The van der Waals surface area contributed by atoms with Gasteiger partial charge in [-0.15, -0.1) is 10.2 Å². The second-order valence-corrected chi connectivity index (χ2v) is 9.20. The Hall–Kier alpha value is -1.38. The minimum atomic E-state index is -3.51. The molecule has 0 spiro atoms. The largest absolute Gasteiger partial charge is 0.411 e. The summed E-state index contributed by atoms with van der Waals surface area (Å²) in [6.07, 6.45) is 4.87. The summed E-state index contributed by atoms with van der Waals surface area (Å²) in [5, 5.41) is 9.29. The highest BCUT2D eigenvalue weighted by Crippen LogP contribution is 2.35. The van der Waals surface area contributed by atoms with Crippen LogP contribution in [0.3, 0.4) is 0 Å². The smallest absolute Gasteiger partial charge is 0.277 e. The zero-order valence-electron chi connectivity index (χ0n) is 14.5. The first-order valence-corrected chi connectivity index (χ1v) is 11.0. The first-order chi connectivity index (χ1) is 12.0. The lowest BCUT2D eigenvalue weighted by molar-refractivity contribution is 0.445. The summed E-state index contributed by atoms with van der Waals surface area (Å²) in [5.41, 5.74) is 0.624. The van der Waals surface area contributed by atoms with Gasteiger partial charge in [0.15, 0.2) is 0 Å². The van der Waals surface area contributed by atoms with E-state index in [1.807, 2.05) is 13.8 Å². The number of rotatable bonds is 7. The van der Waals surface area contributed by atoms with Gasteiger partial charge >= 0.3 is 0 Å². The molecule has 1 saturated carbocycles. The second-order valence-electron chi connectivity index (χ2n) is 6.01. The van der Waals surface area contributed by atoms with Gasteiger partial charge in [0.05, 0.1) is 4.90 Å². The van der Waals surface area contributed by atoms with E-state index in [9.17, 15) is 8.42 Å². The molecule has 2 aromatic rings. The number of hydrogen-bond acceptors (Lipinski definition) is 6. The predicted octanol–water partition coefficient (Wildman–Crippen LogP) is 3.80. The molecule has 1 fully saturated rings. The van der Waals surface area contributed by atoms with Crippen molar-refractivity contribution < 1.29 is 12.8 Å². The molecule has 1 aromatic carbocycles. The van der Waals surface area contributed by atoms with Gasteiger partial charge in [0.2, 0.25) is 15.9 Å². The van der Waals surface area contributed by atoms with Crippen LogP contribution in [0.2, 0.25) is 0 Å². The Morgan fingerprint density at radius 2 is 1.92 bits per heavy atom. The summed E-state index contributed by atoms with van der Waals surface area (Å²) in [5.74, 6) is 0.358. The van der Waals surface area contributed by atoms with E-state index in [4.69, 9.17) is 4.42 Å². The number of hydrogen-bond donors (Lipinski definition) is 0. The molecule has 136 valence electrons. The van der Waals surface area contributed by atoms with E-state index in [1.165, 1.54) is 30.0 Å². The van der Waals surface area contributed by atoms with Gasteiger partial charge in [-0.1, -0.05) is 44.5 Å². The third-order valence-corrected chi connectivity index (χ3v) is 7.62. The van der Waals surface area contributed by atoms with Gasteiger partial charge in [0, 0.05) is 23.9 Å². The lowest BCUT2D eigenvalue weighted by atomic mass is 10.2. The van der Waals surface area contributed by atoms with Crippen molar-refractivity contribution >= 4 is 21.8 Å². The Morgan fingerprint density at radius 3 is 2.60 bits per heavy atom. The number of nitrogens with zero attached hydrogens (tertiary/aromatic N) is 3. The van der Waals surface area contributed by atoms with Gasteiger partial charge in [-0.3, -0.25) is 0 Å². The average molecular weight is 382 g/mol. The van der Waals surface area contributed by atoms with Crippen molar-refractivity contribution in [1.29, 1.82) is 0 Å². The van der Waals surface area contributed by atoms with Crippen LogP contribution in [0.5, 0.6) is 0 Å². The molecule has 1 aliphatic rings. The van der Waals surface area contributed by atoms with Crippen LogP contribution in [-0.2, 0) is 10.0 Å². The summed E-state index contributed by atoms with van der Waals surface area (Å²) in [7, 11) is -3.51. The van der Waals surface area contributed by atoms with Crippen LogP contribution in [0.4, 0.5) is 0 Å². The molecule has 1 aromatic heterocycles. The first-order valence-electron chi connectivity index (χ1n) is 8.65. The molecule has 25 heavy (non-hydrogen) atoms. The Kier molecular flexibility index (Phi) is 5.81. The number of sulfonamides is 1. The van der Waals surface area contributed by atoms with Crippen molar-refractivity contribution in [2.24, 2.45) is 0 Å². The fraction of sp³-hybridized carbons (Fsp3) is 0.529. The first kappa shape index (κ1) is 18.4. The highest BCUT2D eigenvalue weighted by Gasteiger charge is 2.23. The fourth-order valence-corrected chi connectivity index (χ4v) is 5.60. The summed E-state index contributed by atoms with van der Waals surface area (Å²) in [6.45, 7) is 4.53. The molecule has 1 heterocycles. The van der Waals surface area contributed by atoms with Gasteiger partial charge in [0.1, 0.15) is 0 Å². The average Bonchev–Trinajstić information content (AvgIpc) is 3.28. The van der Waals surface area contributed by atoms with E-state index in [1.54, 1.807) is 36.0 Å². The monoisotopic (exact) mass is 381 g/mol. The molecule has 6 nitrogen and oxygen atoms in total. The van der Waals surface area contributed by atoms with Crippen molar-refractivity contribution in [3.05, 3.63) is 24.3 Å². The maximum atomic E-state index is 12.7. The summed E-state index contributed by atoms with van der Waals surface area (Å²) in [6, 6.07) is 6.70. The van der Waals surface area contributed by atoms with Crippen LogP contribution in [-0.4, -0.2) is 41.3 Å². The lowest BCUT2D eigenvalue weighted by Crippen LogP contribution is -2.30. The number of aromatic nitrogens is 2. The van der Waals surface area contributed by atoms with E-state index in [2.05, 4.69) is 10.2 Å². The fourth-order valence-electron chi connectivity index (χ4n) is 3.03. The second kappa shape index (κ2) is 7.88. The quantitative estimate of drug-likeness (QED) is 0.726. The van der Waals surface area contributed by atoms with E-state index in [-0.39, 0.29) is 4.90 Å². The highest BCUT2D eigenvalue weighted by molar-refractivity contribution is 7.99. The van der Waals surface area contributed by atoms with E-state index >= 15 is 0 Å². The van der Waals surface area contributed by atoms with Gasteiger partial charge < -0.3 is 4.42 Å². The highest BCUT2D eigenvalue weighted by atomic mass is 32.2. The molecule has 8 heteroatoms. The maximum absolute atomic E-state index is 12.7. The molecule has 0 unspecified atom stereocenters. The molecule has 0 saturated heterocycles. The van der Waals surface area contributed by atoms with Crippen LogP contribution in [0.25, 0.3) is 11.5 Å². The SMILES string of the molecule is CCN(CC)S(=O)(=O)c1cccc(-c2nnc(SC3CCCC3)o2)c1. The predicted molar refractivity (Wildman–Crippen MR) is 98.0 cm³/mol. The van der Waals surface area contributed by atoms with Crippen molar-refractivity contribution in [2.45, 2.75) is 54.9 Å². The standard InChI is InChI=1S/C17H23N3O3S2/c1-3-20(4-2)25(21,22)15-11-7-8-13(12-15)16-18-19-17(23-16)24-14-9-5-6-10-14/h7-8,11-12,14H,3-6,9-10H2,1-2H3. The molecule has 0 amide bonds. The molecule has 0 aliphatic heterocycles. The summed E-state index contributed by atoms with van der Waals surface area (Å²) in [4.78, 5) is 0.247. The third kappa shape index (κ3) is 4.07. The van der Waals surface area contributed by atoms with Crippen LogP contribution in [0.15, 0.2) is 38.8 Å². The van der Waals surface area contributed by atoms with E-state index in [0.29, 0.717) is 35.0 Å². The van der Waals surface area contributed by atoms with Crippen LogP contribution in [0, 0.1) is 0 Å². The topological polar surface area (TPSA) is 76.3 Å². The Bertz CT molecular complexity index is 810. The normalized spacial score (nSPS) is 16.0. The van der Waals surface area contributed by atoms with Crippen molar-refractivity contribution in [2.75, 3.05) is 13.1 Å².